The average molecular weight is 366 g/mol. The summed E-state index contributed by atoms with van der Waals surface area (Å²) >= 11 is 0. The summed E-state index contributed by atoms with van der Waals surface area (Å²) in [5, 5.41) is 4.10. The van der Waals surface area contributed by atoms with E-state index in [1.54, 1.807) is 30.3 Å². The van der Waals surface area contributed by atoms with Crippen LogP contribution >= 0.6 is 0 Å². The van der Waals surface area contributed by atoms with Crippen LogP contribution in [0.4, 0.5) is 5.69 Å². The summed E-state index contributed by atoms with van der Waals surface area (Å²) in [5.74, 6) is 0. The van der Waals surface area contributed by atoms with E-state index in [0.717, 1.165) is 18.4 Å². The maximum absolute atomic E-state index is 13.2. The third kappa shape index (κ3) is 2.31. The van der Waals surface area contributed by atoms with Crippen molar-refractivity contribution in [2.45, 2.75) is 29.2 Å². The average Bonchev–Trinajstić information content (AvgIpc) is 2.66. The molecule has 130 valence electrons. The number of hydrogen-bond acceptors (Lipinski definition) is 4. The normalized spacial score (nSPS) is 13.4. The molecule has 0 saturated heterocycles. The lowest BCUT2D eigenvalue weighted by molar-refractivity contribution is 0.583. The molecule has 0 atom stereocenters. The number of azide groups is 1. The first-order chi connectivity index (χ1) is 12.6. The molecule has 0 bridgehead atoms. The van der Waals surface area contributed by atoms with E-state index in [-0.39, 0.29) is 10.6 Å². The highest BCUT2D eigenvalue weighted by Crippen LogP contribution is 2.36. The van der Waals surface area contributed by atoms with E-state index in [1.165, 1.54) is 16.7 Å². The van der Waals surface area contributed by atoms with Crippen molar-refractivity contribution >= 4 is 26.4 Å². The van der Waals surface area contributed by atoms with Gasteiger partial charge in [-0.1, -0.05) is 41.5 Å². The third-order valence-corrected chi connectivity index (χ3v) is 6.39. The Morgan fingerprint density at radius 1 is 1.08 bits per heavy atom. The Morgan fingerprint density at radius 2 is 1.85 bits per heavy atom. The van der Waals surface area contributed by atoms with E-state index in [0.29, 0.717) is 17.4 Å². The molecule has 0 N–H and O–H groups in total. The number of sulfone groups is 1. The molecule has 7 nitrogen and oxygen atoms in total. The number of hydrogen-bond donors (Lipinski definition) is 0. The monoisotopic (exact) mass is 366 g/mol. The molecule has 0 spiro atoms. The van der Waals surface area contributed by atoms with Crippen molar-refractivity contribution in [3.63, 3.8) is 0 Å². The van der Waals surface area contributed by atoms with E-state index >= 15 is 0 Å². The van der Waals surface area contributed by atoms with Gasteiger partial charge in [-0.2, -0.15) is 0 Å². The highest BCUT2D eigenvalue weighted by molar-refractivity contribution is 7.91. The summed E-state index contributed by atoms with van der Waals surface area (Å²) in [4.78, 5) is 15.4. The molecule has 1 aliphatic heterocycles. The van der Waals surface area contributed by atoms with Gasteiger partial charge in [-0.3, -0.25) is 4.79 Å². The standard InChI is InChI=1S/C18H14N4O3S/c19-21-20-15-14-10-4-6-12-7-5-11-22(16(12)14)18(23)17(15)26(24,25)13-8-2-1-3-9-13/h1-4,6,8-10H,5,7,11H2. The van der Waals surface area contributed by atoms with Crippen molar-refractivity contribution in [2.24, 2.45) is 5.11 Å². The molecule has 0 radical (unpaired) electrons. The molecule has 0 saturated carbocycles. The van der Waals surface area contributed by atoms with Crippen LogP contribution in [0.25, 0.3) is 21.3 Å². The predicted molar refractivity (Wildman–Crippen MR) is 97.2 cm³/mol. The Labute approximate surface area is 149 Å². The SMILES string of the molecule is [N-]=[N+]=Nc1c(S(=O)(=O)c2ccccc2)c(=O)n2c3c(cccc13)CCC2. The summed E-state index contributed by atoms with van der Waals surface area (Å²) in [6.45, 7) is 0.431. The number of aryl methyl sites for hydroxylation is 2. The summed E-state index contributed by atoms with van der Waals surface area (Å²) in [6.07, 6.45) is 1.54. The zero-order valence-corrected chi connectivity index (χ0v) is 14.5. The van der Waals surface area contributed by atoms with Crippen molar-refractivity contribution < 1.29 is 8.42 Å². The van der Waals surface area contributed by atoms with E-state index in [1.807, 2.05) is 6.07 Å². The van der Waals surface area contributed by atoms with Gasteiger partial charge in [-0.05, 0) is 36.1 Å². The van der Waals surface area contributed by atoms with Gasteiger partial charge in [0.05, 0.1) is 16.1 Å². The van der Waals surface area contributed by atoms with Crippen LogP contribution in [-0.2, 0) is 22.8 Å². The molecule has 0 amide bonds. The van der Waals surface area contributed by atoms with E-state index in [9.17, 15) is 13.2 Å². The van der Waals surface area contributed by atoms with Crippen LogP contribution in [0, 0.1) is 0 Å². The molecule has 0 aliphatic carbocycles. The molecule has 26 heavy (non-hydrogen) atoms. The molecular formula is C18H14N4O3S. The van der Waals surface area contributed by atoms with Gasteiger partial charge in [-0.15, -0.1) is 0 Å². The fourth-order valence-electron chi connectivity index (χ4n) is 3.50. The number of nitrogens with zero attached hydrogens (tertiary/aromatic N) is 4. The van der Waals surface area contributed by atoms with Crippen molar-refractivity contribution in [2.75, 3.05) is 0 Å². The summed E-state index contributed by atoms with van der Waals surface area (Å²) in [6, 6.07) is 13.1. The minimum absolute atomic E-state index is 0.00870. The molecule has 1 aliphatic rings. The smallest absolute Gasteiger partial charge is 0.270 e. The zero-order chi connectivity index (χ0) is 18.3. The van der Waals surface area contributed by atoms with Crippen molar-refractivity contribution in [3.8, 4) is 0 Å². The lowest BCUT2D eigenvalue weighted by Gasteiger charge is -2.22. The van der Waals surface area contributed by atoms with Crippen LogP contribution in [0.5, 0.6) is 0 Å². The molecule has 3 aromatic rings. The minimum atomic E-state index is -4.13. The first-order valence-corrected chi connectivity index (χ1v) is 9.57. The van der Waals surface area contributed by atoms with Gasteiger partial charge in [0.15, 0.2) is 0 Å². The topological polar surface area (TPSA) is 105 Å². The van der Waals surface area contributed by atoms with Gasteiger partial charge >= 0.3 is 0 Å². The fraction of sp³-hybridized carbons (Fsp3) is 0.167. The second-order valence-electron chi connectivity index (χ2n) is 6.06. The highest BCUT2D eigenvalue weighted by Gasteiger charge is 2.29. The molecule has 1 aromatic heterocycles. The summed E-state index contributed by atoms with van der Waals surface area (Å²) < 4.78 is 27.8. The van der Waals surface area contributed by atoms with E-state index in [4.69, 9.17) is 5.53 Å². The highest BCUT2D eigenvalue weighted by atomic mass is 32.2. The first-order valence-electron chi connectivity index (χ1n) is 8.09. The lowest BCUT2D eigenvalue weighted by Crippen LogP contribution is -2.29. The largest absolute Gasteiger partial charge is 0.307 e. The number of pyridine rings is 1. The Morgan fingerprint density at radius 3 is 2.58 bits per heavy atom. The van der Waals surface area contributed by atoms with Gasteiger partial charge in [0.25, 0.3) is 5.56 Å². The zero-order valence-electron chi connectivity index (χ0n) is 13.7. The molecular weight excluding hydrogens is 352 g/mol. The Kier molecular flexibility index (Phi) is 3.79. The molecule has 0 unspecified atom stereocenters. The predicted octanol–water partition coefficient (Wildman–Crippen LogP) is 3.72. The van der Waals surface area contributed by atoms with E-state index in [2.05, 4.69) is 10.0 Å². The molecule has 4 rings (SSSR count). The number of aromatic nitrogens is 1. The number of para-hydroxylation sites is 1. The van der Waals surface area contributed by atoms with Crippen LogP contribution < -0.4 is 5.56 Å². The van der Waals surface area contributed by atoms with Crippen molar-refractivity contribution in [1.29, 1.82) is 0 Å². The first kappa shape index (κ1) is 16.4. The van der Waals surface area contributed by atoms with Gasteiger partial charge in [0, 0.05) is 16.8 Å². The van der Waals surface area contributed by atoms with E-state index < -0.39 is 20.3 Å². The Balaban J connectivity index is 2.21. The minimum Gasteiger partial charge on any atom is -0.307 e. The molecule has 2 heterocycles. The van der Waals surface area contributed by atoms with Crippen molar-refractivity contribution in [1.82, 2.24) is 4.57 Å². The third-order valence-electron chi connectivity index (χ3n) is 4.59. The maximum atomic E-state index is 13.2. The van der Waals surface area contributed by atoms with Crippen LogP contribution in [0.3, 0.4) is 0 Å². The summed E-state index contributed by atoms with van der Waals surface area (Å²) in [7, 11) is -4.13. The van der Waals surface area contributed by atoms with Crippen LogP contribution in [0.1, 0.15) is 12.0 Å². The summed E-state index contributed by atoms with van der Waals surface area (Å²) in [5.41, 5.74) is 9.82. The maximum Gasteiger partial charge on any atom is 0.270 e. The van der Waals surface area contributed by atoms with Crippen LogP contribution in [0.2, 0.25) is 0 Å². The van der Waals surface area contributed by atoms with Gasteiger partial charge < -0.3 is 4.57 Å². The second-order valence-corrected chi connectivity index (χ2v) is 7.94. The van der Waals surface area contributed by atoms with Crippen LogP contribution in [-0.4, -0.2) is 13.0 Å². The lowest BCUT2D eigenvalue weighted by atomic mass is 10.0. The molecule has 2 aromatic carbocycles. The van der Waals surface area contributed by atoms with Crippen LogP contribution in [0.15, 0.2) is 68.2 Å². The Hall–Kier alpha value is -3.09. The Bertz CT molecular complexity index is 1240. The molecule has 0 fully saturated rings. The number of rotatable bonds is 3. The van der Waals surface area contributed by atoms with Crippen molar-refractivity contribution in [3.05, 3.63) is 74.9 Å². The van der Waals surface area contributed by atoms with Gasteiger partial charge in [0.1, 0.15) is 4.90 Å². The quantitative estimate of drug-likeness (QED) is 0.400. The van der Waals surface area contributed by atoms with Gasteiger partial charge in [0.2, 0.25) is 9.84 Å². The fourth-order valence-corrected chi connectivity index (χ4v) is 4.99. The number of benzene rings is 2. The molecule has 8 heteroatoms. The van der Waals surface area contributed by atoms with Gasteiger partial charge in [-0.25, -0.2) is 8.42 Å². The second kappa shape index (κ2) is 6.01.